The third kappa shape index (κ3) is 5.67. The van der Waals surface area contributed by atoms with Crippen LogP contribution < -0.4 is 0 Å². The van der Waals surface area contributed by atoms with E-state index in [0.29, 0.717) is 5.03 Å². The smallest absolute Gasteiger partial charge is 0.133 e. The van der Waals surface area contributed by atoms with Gasteiger partial charge in [0.1, 0.15) is 5.03 Å². The number of pyridine rings is 1. The Morgan fingerprint density at radius 3 is 2.65 bits per heavy atom. The number of aromatic nitrogens is 1. The second kappa shape index (κ2) is 10.6. The van der Waals surface area contributed by atoms with Gasteiger partial charge in [0, 0.05) is 24.8 Å². The van der Waals surface area contributed by atoms with Crippen molar-refractivity contribution in [3.63, 3.8) is 0 Å². The number of unbranched alkanes of at least 4 members (excludes halogenated alkanes) is 1. The van der Waals surface area contributed by atoms with E-state index in [4.69, 9.17) is 0 Å². The molecule has 0 radical (unpaired) electrons. The van der Waals surface area contributed by atoms with E-state index >= 15 is 0 Å². The first-order valence-corrected chi connectivity index (χ1v) is 13.4. The van der Waals surface area contributed by atoms with Gasteiger partial charge in [-0.3, -0.25) is 0 Å². The van der Waals surface area contributed by atoms with Gasteiger partial charge >= 0.3 is 0 Å². The Hall–Kier alpha value is -1.91. The van der Waals surface area contributed by atoms with E-state index < -0.39 is 9.71 Å². The highest BCUT2D eigenvalue weighted by molar-refractivity contribution is 7.98. The van der Waals surface area contributed by atoms with Gasteiger partial charge in [0.2, 0.25) is 0 Å². The lowest BCUT2D eigenvalue weighted by molar-refractivity contribution is 0.427. The molecule has 1 aliphatic heterocycles. The fourth-order valence-electron chi connectivity index (χ4n) is 4.49. The van der Waals surface area contributed by atoms with E-state index in [1.165, 1.54) is 35.1 Å². The zero-order valence-corrected chi connectivity index (χ0v) is 20.5. The number of aryl methyl sites for hydroxylation is 2. The van der Waals surface area contributed by atoms with E-state index in [2.05, 4.69) is 73.2 Å². The molecule has 31 heavy (non-hydrogen) atoms. The number of allylic oxidation sites excluding steroid dienone is 1. The van der Waals surface area contributed by atoms with Crippen molar-refractivity contribution in [1.82, 2.24) is 9.29 Å². The maximum Gasteiger partial charge on any atom is 0.133 e. The van der Waals surface area contributed by atoms with Crippen molar-refractivity contribution in [3.8, 4) is 0 Å². The van der Waals surface area contributed by atoms with Crippen LogP contribution in [0.15, 0.2) is 47.6 Å². The average Bonchev–Trinajstić information content (AvgIpc) is 3.02. The van der Waals surface area contributed by atoms with Crippen LogP contribution in [0.25, 0.3) is 5.57 Å². The summed E-state index contributed by atoms with van der Waals surface area (Å²) in [6.07, 6.45) is 10.9. The molecule has 3 rings (SSSR count). The van der Waals surface area contributed by atoms with Crippen molar-refractivity contribution in [1.29, 1.82) is 0 Å². The van der Waals surface area contributed by atoms with Crippen molar-refractivity contribution in [2.45, 2.75) is 71.2 Å². The lowest BCUT2D eigenvalue weighted by Gasteiger charge is -2.24. The molecular weight excluding hydrogens is 400 g/mol. The van der Waals surface area contributed by atoms with Crippen LogP contribution in [0.5, 0.6) is 0 Å². The summed E-state index contributed by atoms with van der Waals surface area (Å²) in [6.45, 7) is 10.4. The third-order valence-corrected chi connectivity index (χ3v) is 8.58. The molecule has 0 saturated carbocycles. The van der Waals surface area contributed by atoms with E-state index in [-0.39, 0.29) is 0 Å². The van der Waals surface area contributed by atoms with Crippen molar-refractivity contribution < 1.29 is 4.21 Å². The first-order valence-electron chi connectivity index (χ1n) is 11.7. The van der Waals surface area contributed by atoms with Crippen LogP contribution in [0.2, 0.25) is 0 Å². The summed E-state index contributed by atoms with van der Waals surface area (Å²) in [5.74, 6) is 4.87. The standard InChI is InChI=1S/C27H38N2OS/c1-6-8-11-26(25-14-12-21(3)19-22(25)4)24-13-15-27(28-20-24)31(5,30)29-17-9-10-23(7-2)16-18-29/h11-15,19-20,23H,5-10,16-18H2,1-4H3. The molecule has 2 unspecified atom stereocenters. The van der Waals surface area contributed by atoms with Crippen LogP contribution in [0.1, 0.15) is 74.6 Å². The van der Waals surface area contributed by atoms with Gasteiger partial charge in [-0.1, -0.05) is 62.6 Å². The van der Waals surface area contributed by atoms with Gasteiger partial charge in [-0.15, -0.1) is 0 Å². The summed E-state index contributed by atoms with van der Waals surface area (Å²) in [5.41, 5.74) is 6.05. The lowest BCUT2D eigenvalue weighted by Crippen LogP contribution is -2.32. The first kappa shape index (κ1) is 23.7. The largest absolute Gasteiger partial charge is 0.246 e. The Morgan fingerprint density at radius 1 is 1.19 bits per heavy atom. The fraction of sp³-hybridized carbons (Fsp3) is 0.481. The van der Waals surface area contributed by atoms with Crippen LogP contribution in [0.3, 0.4) is 0 Å². The zero-order valence-electron chi connectivity index (χ0n) is 19.7. The Bertz CT molecular complexity index is 1010. The van der Waals surface area contributed by atoms with Gasteiger partial charge in [-0.25, -0.2) is 13.5 Å². The Kier molecular flexibility index (Phi) is 8.12. The minimum absolute atomic E-state index is 0.599. The molecule has 0 aliphatic carbocycles. The highest BCUT2D eigenvalue weighted by Gasteiger charge is 2.24. The summed E-state index contributed by atoms with van der Waals surface area (Å²) >= 11 is 0. The van der Waals surface area contributed by atoms with Gasteiger partial charge in [-0.2, -0.15) is 0 Å². The molecule has 0 N–H and O–H groups in total. The molecule has 2 aromatic rings. The van der Waals surface area contributed by atoms with Gasteiger partial charge < -0.3 is 0 Å². The second-order valence-electron chi connectivity index (χ2n) is 8.88. The molecule has 2 heterocycles. The van der Waals surface area contributed by atoms with Crippen molar-refractivity contribution in [2.24, 2.45) is 5.92 Å². The molecule has 1 aromatic heterocycles. The maximum atomic E-state index is 13.6. The highest BCUT2D eigenvalue weighted by atomic mass is 32.2. The Balaban J connectivity index is 1.89. The van der Waals surface area contributed by atoms with Gasteiger partial charge in [-0.05, 0) is 74.1 Å². The summed E-state index contributed by atoms with van der Waals surface area (Å²) < 4.78 is 15.7. The summed E-state index contributed by atoms with van der Waals surface area (Å²) in [7, 11) is -2.55. The molecule has 2 atom stereocenters. The fourth-order valence-corrected chi connectivity index (χ4v) is 6.08. The van der Waals surface area contributed by atoms with E-state index in [1.807, 2.05) is 12.3 Å². The van der Waals surface area contributed by atoms with Crippen LogP contribution in [0, 0.1) is 19.8 Å². The molecule has 4 heteroatoms. The van der Waals surface area contributed by atoms with E-state index in [0.717, 1.165) is 50.3 Å². The molecule has 0 bridgehead atoms. The number of nitrogens with zero attached hydrogens (tertiary/aromatic N) is 2. The average molecular weight is 439 g/mol. The van der Waals surface area contributed by atoms with Crippen LogP contribution in [-0.4, -0.2) is 32.5 Å². The number of hydrogen-bond acceptors (Lipinski definition) is 2. The molecule has 1 saturated heterocycles. The second-order valence-corrected chi connectivity index (χ2v) is 11.1. The van der Waals surface area contributed by atoms with Crippen molar-refractivity contribution >= 4 is 21.2 Å². The normalized spacial score (nSPS) is 20.3. The lowest BCUT2D eigenvalue weighted by atomic mass is 9.93. The molecule has 1 aliphatic rings. The van der Waals surface area contributed by atoms with Gasteiger partial charge in [0.05, 0.1) is 9.71 Å². The van der Waals surface area contributed by atoms with Crippen LogP contribution in [0.4, 0.5) is 0 Å². The summed E-state index contributed by atoms with van der Waals surface area (Å²) in [4.78, 5) is 4.68. The van der Waals surface area contributed by atoms with E-state index in [9.17, 15) is 4.21 Å². The monoisotopic (exact) mass is 438 g/mol. The molecule has 168 valence electrons. The Morgan fingerprint density at radius 2 is 2.00 bits per heavy atom. The molecule has 0 amide bonds. The summed E-state index contributed by atoms with van der Waals surface area (Å²) in [5, 5.41) is 0.599. The van der Waals surface area contributed by atoms with Crippen LogP contribution >= 0.6 is 0 Å². The van der Waals surface area contributed by atoms with Crippen molar-refractivity contribution in [2.75, 3.05) is 13.1 Å². The number of benzene rings is 1. The molecule has 1 aromatic carbocycles. The first-order chi connectivity index (χ1) is 14.9. The SMILES string of the molecule is C=S(=O)(c1ccc(C(=CCCC)c2ccc(C)cc2C)cn1)N1CCCC(CC)CC1. The van der Waals surface area contributed by atoms with Crippen molar-refractivity contribution in [3.05, 3.63) is 64.9 Å². The minimum atomic E-state index is -2.55. The predicted molar refractivity (Wildman–Crippen MR) is 135 cm³/mol. The minimum Gasteiger partial charge on any atom is -0.246 e. The zero-order chi connectivity index (χ0) is 22.4. The number of rotatable bonds is 7. The Labute approximate surface area is 189 Å². The third-order valence-electron chi connectivity index (χ3n) is 6.48. The highest BCUT2D eigenvalue weighted by Crippen LogP contribution is 2.29. The maximum absolute atomic E-state index is 13.6. The molecular formula is C27H38N2OS. The van der Waals surface area contributed by atoms with Gasteiger partial charge in [0.15, 0.2) is 0 Å². The molecule has 1 fully saturated rings. The quantitative estimate of drug-likeness (QED) is 0.467. The molecule has 3 nitrogen and oxygen atoms in total. The number of hydrogen-bond donors (Lipinski definition) is 0. The van der Waals surface area contributed by atoms with Gasteiger partial charge in [0.25, 0.3) is 0 Å². The molecule has 0 spiro atoms. The summed E-state index contributed by atoms with van der Waals surface area (Å²) in [6, 6.07) is 10.6. The predicted octanol–water partition coefficient (Wildman–Crippen LogP) is 6.43. The van der Waals surface area contributed by atoms with Crippen LogP contribution in [-0.2, 0) is 9.71 Å². The van der Waals surface area contributed by atoms with E-state index in [1.54, 1.807) is 0 Å². The topological polar surface area (TPSA) is 33.2 Å².